The topological polar surface area (TPSA) is 72.9 Å². The molecule has 1 unspecified atom stereocenters. The van der Waals surface area contributed by atoms with Gasteiger partial charge in [0.25, 0.3) is 11.8 Å². The van der Waals surface area contributed by atoms with Crippen molar-refractivity contribution in [3.63, 3.8) is 0 Å². The molecule has 0 saturated carbocycles. The van der Waals surface area contributed by atoms with E-state index in [1.807, 2.05) is 19.1 Å². The van der Waals surface area contributed by atoms with Crippen molar-refractivity contribution in [3.05, 3.63) is 42.0 Å². The van der Waals surface area contributed by atoms with Crippen LogP contribution in [0.3, 0.4) is 0 Å². The maximum absolute atomic E-state index is 11.5. The SMILES string of the molecule is CCc1ccc(OS(=O)ON2C(=O)C=CC2=O)cc1. The van der Waals surface area contributed by atoms with E-state index in [9.17, 15) is 13.8 Å². The summed E-state index contributed by atoms with van der Waals surface area (Å²) in [6, 6.07) is 6.90. The van der Waals surface area contributed by atoms with Gasteiger partial charge in [-0.1, -0.05) is 19.1 Å². The number of nitrogens with zero attached hydrogens (tertiary/aromatic N) is 1. The van der Waals surface area contributed by atoms with Gasteiger partial charge in [-0.25, -0.2) is 0 Å². The normalized spacial score (nSPS) is 15.9. The number of rotatable bonds is 5. The summed E-state index contributed by atoms with van der Waals surface area (Å²) in [6.07, 6.45) is 2.92. The minimum Gasteiger partial charge on any atom is -0.379 e. The summed E-state index contributed by atoms with van der Waals surface area (Å²) >= 11 is -2.27. The average molecular weight is 281 g/mol. The van der Waals surface area contributed by atoms with Crippen LogP contribution in [0.25, 0.3) is 0 Å². The quantitative estimate of drug-likeness (QED) is 0.755. The first-order valence-electron chi connectivity index (χ1n) is 5.53. The van der Waals surface area contributed by atoms with Crippen molar-refractivity contribution in [1.29, 1.82) is 0 Å². The van der Waals surface area contributed by atoms with Gasteiger partial charge >= 0.3 is 11.4 Å². The van der Waals surface area contributed by atoms with Crippen LogP contribution in [0.1, 0.15) is 12.5 Å². The van der Waals surface area contributed by atoms with E-state index in [1.54, 1.807) is 12.1 Å². The van der Waals surface area contributed by atoms with Crippen LogP contribution in [0.15, 0.2) is 36.4 Å². The highest BCUT2D eigenvalue weighted by atomic mass is 32.2. The molecule has 6 nitrogen and oxygen atoms in total. The van der Waals surface area contributed by atoms with Crippen LogP contribution in [-0.4, -0.2) is 21.1 Å². The van der Waals surface area contributed by atoms with Crippen molar-refractivity contribution in [2.45, 2.75) is 13.3 Å². The zero-order valence-corrected chi connectivity index (χ0v) is 10.9. The van der Waals surface area contributed by atoms with Crippen LogP contribution in [-0.2, 0) is 31.7 Å². The molecule has 100 valence electrons. The van der Waals surface area contributed by atoms with Crippen molar-refractivity contribution in [1.82, 2.24) is 5.06 Å². The first-order chi connectivity index (χ1) is 9.10. The molecule has 2 amide bonds. The highest BCUT2D eigenvalue weighted by Crippen LogP contribution is 2.15. The van der Waals surface area contributed by atoms with Crippen LogP contribution in [0.4, 0.5) is 0 Å². The number of aryl methyl sites for hydroxylation is 1. The number of hydroxylamine groups is 2. The molecule has 0 bridgehead atoms. The monoisotopic (exact) mass is 281 g/mol. The second-order valence-corrected chi connectivity index (χ2v) is 4.39. The van der Waals surface area contributed by atoms with E-state index >= 15 is 0 Å². The molecule has 0 spiro atoms. The van der Waals surface area contributed by atoms with Crippen molar-refractivity contribution < 1.29 is 22.3 Å². The molecule has 0 aliphatic carbocycles. The van der Waals surface area contributed by atoms with Crippen molar-refractivity contribution >= 4 is 23.2 Å². The van der Waals surface area contributed by atoms with Crippen LogP contribution < -0.4 is 4.18 Å². The number of hydrogen-bond donors (Lipinski definition) is 0. The number of hydrogen-bond acceptors (Lipinski definition) is 5. The van der Waals surface area contributed by atoms with Gasteiger partial charge in [-0.05, 0) is 24.1 Å². The Morgan fingerprint density at radius 2 is 1.68 bits per heavy atom. The first-order valence-corrected chi connectivity index (χ1v) is 6.53. The lowest BCUT2D eigenvalue weighted by Gasteiger charge is -2.11. The minimum absolute atomic E-state index is 0.322. The fourth-order valence-corrected chi connectivity index (χ4v) is 1.96. The molecule has 0 radical (unpaired) electrons. The molecule has 0 fully saturated rings. The Morgan fingerprint density at radius 1 is 1.11 bits per heavy atom. The molecular weight excluding hydrogens is 270 g/mol. The molecular formula is C12H11NO5S. The number of amides is 2. The third-order valence-corrected chi connectivity index (χ3v) is 3.00. The van der Waals surface area contributed by atoms with Gasteiger partial charge in [0.2, 0.25) is 0 Å². The molecule has 19 heavy (non-hydrogen) atoms. The first kappa shape index (κ1) is 13.4. The van der Waals surface area contributed by atoms with E-state index in [0.29, 0.717) is 10.8 Å². The second kappa shape index (κ2) is 5.77. The van der Waals surface area contributed by atoms with Gasteiger partial charge in [0, 0.05) is 12.2 Å². The average Bonchev–Trinajstić information content (AvgIpc) is 2.71. The predicted molar refractivity (Wildman–Crippen MR) is 66.7 cm³/mol. The Morgan fingerprint density at radius 3 is 2.21 bits per heavy atom. The molecule has 1 atom stereocenters. The molecule has 0 N–H and O–H groups in total. The second-order valence-electron chi connectivity index (χ2n) is 3.66. The van der Waals surface area contributed by atoms with Gasteiger partial charge in [0.15, 0.2) is 0 Å². The summed E-state index contributed by atoms with van der Waals surface area (Å²) in [5.74, 6) is -1.06. The number of carbonyl (C=O) groups excluding carboxylic acids is 2. The summed E-state index contributed by atoms with van der Waals surface area (Å²) in [7, 11) is 0. The molecule has 0 saturated heterocycles. The summed E-state index contributed by atoms with van der Waals surface area (Å²) in [5.41, 5.74) is 1.10. The van der Waals surface area contributed by atoms with Crippen LogP contribution in [0.5, 0.6) is 5.75 Å². The standard InChI is InChI=1S/C12H11NO5S/c1-2-9-3-5-10(6-4-9)17-19(16)18-13-11(14)7-8-12(13)15/h3-8H,2H2,1H3. The van der Waals surface area contributed by atoms with Crippen LogP contribution in [0.2, 0.25) is 0 Å². The fraction of sp³-hybridized carbons (Fsp3) is 0.167. The zero-order valence-electron chi connectivity index (χ0n) is 10.1. The van der Waals surface area contributed by atoms with E-state index in [0.717, 1.165) is 24.1 Å². The summed E-state index contributed by atoms with van der Waals surface area (Å²) in [4.78, 5) is 22.3. The predicted octanol–water partition coefficient (Wildman–Crippen LogP) is 1.06. The molecule has 1 heterocycles. The van der Waals surface area contributed by atoms with Gasteiger partial charge in [-0.3, -0.25) is 9.59 Å². The highest BCUT2D eigenvalue weighted by molar-refractivity contribution is 7.75. The van der Waals surface area contributed by atoms with Gasteiger partial charge in [0.05, 0.1) is 0 Å². The third-order valence-electron chi connectivity index (χ3n) is 2.40. The van der Waals surface area contributed by atoms with Crippen molar-refractivity contribution in [2.24, 2.45) is 0 Å². The molecule has 2 rings (SSSR count). The Kier molecular flexibility index (Phi) is 4.08. The highest BCUT2D eigenvalue weighted by Gasteiger charge is 2.28. The van der Waals surface area contributed by atoms with Crippen molar-refractivity contribution in [3.8, 4) is 5.75 Å². The van der Waals surface area contributed by atoms with E-state index in [2.05, 4.69) is 4.28 Å². The molecule has 1 aromatic carbocycles. The van der Waals surface area contributed by atoms with Gasteiger partial charge < -0.3 is 4.18 Å². The Hall–Kier alpha value is -1.99. The van der Waals surface area contributed by atoms with E-state index in [1.165, 1.54) is 0 Å². The summed E-state index contributed by atoms with van der Waals surface area (Å²) in [6.45, 7) is 2.01. The van der Waals surface area contributed by atoms with Gasteiger partial charge in [-0.15, -0.1) is 9.35 Å². The lowest BCUT2D eigenvalue weighted by Crippen LogP contribution is -2.32. The largest absolute Gasteiger partial charge is 0.383 e. The van der Waals surface area contributed by atoms with Crippen molar-refractivity contribution in [2.75, 3.05) is 0 Å². The molecule has 0 aromatic heterocycles. The fourth-order valence-electron chi connectivity index (χ4n) is 1.40. The van der Waals surface area contributed by atoms with Gasteiger partial charge in [0.1, 0.15) is 5.75 Å². The van der Waals surface area contributed by atoms with E-state index in [4.69, 9.17) is 4.18 Å². The molecule has 1 aliphatic heterocycles. The van der Waals surface area contributed by atoms with E-state index < -0.39 is 23.2 Å². The van der Waals surface area contributed by atoms with E-state index in [-0.39, 0.29) is 0 Å². The number of imide groups is 1. The Labute approximate surface area is 112 Å². The number of carbonyl (C=O) groups is 2. The lowest BCUT2D eigenvalue weighted by atomic mass is 10.2. The van der Waals surface area contributed by atoms with Crippen LogP contribution >= 0.6 is 0 Å². The third kappa shape index (κ3) is 3.27. The van der Waals surface area contributed by atoms with Crippen LogP contribution in [0, 0.1) is 0 Å². The van der Waals surface area contributed by atoms with Gasteiger partial charge in [-0.2, -0.15) is 4.21 Å². The summed E-state index contributed by atoms with van der Waals surface area (Å²) in [5, 5.41) is 0.385. The lowest BCUT2D eigenvalue weighted by molar-refractivity contribution is -0.161. The smallest absolute Gasteiger partial charge is 0.379 e. The Bertz CT molecular complexity index is 534. The summed E-state index contributed by atoms with van der Waals surface area (Å²) < 4.78 is 21.1. The number of benzene rings is 1. The molecule has 1 aliphatic rings. The zero-order chi connectivity index (χ0) is 13.8. The Balaban J connectivity index is 1.94. The maximum Gasteiger partial charge on any atom is 0.383 e. The minimum atomic E-state index is -2.27. The maximum atomic E-state index is 11.5. The molecule has 1 aromatic rings. The molecule has 7 heteroatoms.